The molecule has 0 fully saturated rings. The van der Waals surface area contributed by atoms with Gasteiger partial charge in [0.05, 0.1) is 11.3 Å². The number of carbonyl (C=O) groups excluding carboxylic acids is 1. The molecule has 0 aliphatic heterocycles. The summed E-state index contributed by atoms with van der Waals surface area (Å²) >= 11 is 11.9. The summed E-state index contributed by atoms with van der Waals surface area (Å²) in [5.74, 6) is 0.449. The Morgan fingerprint density at radius 1 is 1.17 bits per heavy atom. The van der Waals surface area contributed by atoms with Crippen molar-refractivity contribution in [1.82, 2.24) is 9.97 Å². The van der Waals surface area contributed by atoms with Gasteiger partial charge in [0.2, 0.25) is 0 Å². The highest BCUT2D eigenvalue weighted by atomic mass is 35.5. The van der Waals surface area contributed by atoms with Crippen LogP contribution in [0.25, 0.3) is 11.4 Å². The number of hydrogen-bond donors (Lipinski definition) is 0. The molecule has 0 saturated heterocycles. The van der Waals surface area contributed by atoms with E-state index in [-0.39, 0.29) is 5.78 Å². The summed E-state index contributed by atoms with van der Waals surface area (Å²) in [6.07, 6.45) is 1.52. The second-order valence-corrected chi connectivity index (χ2v) is 4.78. The molecule has 0 amide bonds. The van der Waals surface area contributed by atoms with E-state index >= 15 is 0 Å². The molecule has 1 heterocycles. The molecule has 1 aromatic carbocycles. The molecule has 2 rings (SSSR count). The molecule has 5 heteroatoms. The number of halogens is 2. The fourth-order valence-corrected chi connectivity index (χ4v) is 2.16. The minimum Gasteiger partial charge on any atom is -0.294 e. The van der Waals surface area contributed by atoms with Gasteiger partial charge < -0.3 is 0 Å². The molecule has 0 bridgehead atoms. The number of ketones is 1. The highest BCUT2D eigenvalue weighted by Crippen LogP contribution is 2.25. The van der Waals surface area contributed by atoms with Gasteiger partial charge in [-0.2, -0.15) is 0 Å². The highest BCUT2D eigenvalue weighted by molar-refractivity contribution is 6.35. The second-order valence-electron chi connectivity index (χ2n) is 3.91. The summed E-state index contributed by atoms with van der Waals surface area (Å²) in [4.78, 5) is 19.8. The van der Waals surface area contributed by atoms with Gasteiger partial charge in [0.25, 0.3) is 0 Å². The molecule has 0 N–H and O–H groups in total. The quantitative estimate of drug-likeness (QED) is 0.782. The lowest BCUT2D eigenvalue weighted by Crippen LogP contribution is -2.02. The Morgan fingerprint density at radius 3 is 2.28 bits per heavy atom. The molecule has 0 saturated carbocycles. The van der Waals surface area contributed by atoms with E-state index in [2.05, 4.69) is 9.97 Å². The number of nitrogens with zero attached hydrogens (tertiary/aromatic N) is 2. The third-order valence-electron chi connectivity index (χ3n) is 2.48. The number of aromatic nitrogens is 2. The van der Waals surface area contributed by atoms with E-state index in [1.807, 2.05) is 0 Å². The van der Waals surface area contributed by atoms with Crippen molar-refractivity contribution in [3.63, 3.8) is 0 Å². The largest absolute Gasteiger partial charge is 0.294 e. The van der Waals surface area contributed by atoms with Crippen molar-refractivity contribution in [2.75, 3.05) is 0 Å². The number of aryl methyl sites for hydroxylation is 1. The zero-order valence-electron chi connectivity index (χ0n) is 9.87. The number of carbonyl (C=O) groups is 1. The lowest BCUT2D eigenvalue weighted by Gasteiger charge is -2.05. The van der Waals surface area contributed by atoms with Gasteiger partial charge in [-0.15, -0.1) is 0 Å². The summed E-state index contributed by atoms with van der Waals surface area (Å²) < 4.78 is 0. The maximum Gasteiger partial charge on any atom is 0.163 e. The van der Waals surface area contributed by atoms with E-state index in [1.54, 1.807) is 25.1 Å². The van der Waals surface area contributed by atoms with Crippen LogP contribution in [0.4, 0.5) is 0 Å². The topological polar surface area (TPSA) is 42.9 Å². The van der Waals surface area contributed by atoms with Crippen LogP contribution in [-0.2, 0) is 0 Å². The SMILES string of the molecule is CC(=O)c1cnc(-c2cc(Cl)cc(Cl)c2)nc1C. The lowest BCUT2D eigenvalue weighted by atomic mass is 10.1. The van der Waals surface area contributed by atoms with Crippen molar-refractivity contribution in [1.29, 1.82) is 0 Å². The van der Waals surface area contributed by atoms with E-state index < -0.39 is 0 Å². The summed E-state index contributed by atoms with van der Waals surface area (Å²) in [6, 6.07) is 5.11. The fraction of sp³-hybridized carbons (Fsp3) is 0.154. The lowest BCUT2D eigenvalue weighted by molar-refractivity contribution is 0.101. The van der Waals surface area contributed by atoms with Gasteiger partial charge in [-0.25, -0.2) is 9.97 Å². The summed E-state index contributed by atoms with van der Waals surface area (Å²) in [6.45, 7) is 3.26. The second kappa shape index (κ2) is 5.04. The number of rotatable bonds is 2. The first-order valence-corrected chi connectivity index (χ1v) is 6.04. The van der Waals surface area contributed by atoms with Crippen LogP contribution in [0.3, 0.4) is 0 Å². The van der Waals surface area contributed by atoms with E-state index in [0.29, 0.717) is 27.1 Å². The Labute approximate surface area is 115 Å². The Balaban J connectivity index is 2.52. The van der Waals surface area contributed by atoms with Crippen LogP contribution in [0.1, 0.15) is 23.0 Å². The molecule has 0 atom stereocenters. The molecule has 0 radical (unpaired) electrons. The molecule has 0 aliphatic carbocycles. The van der Waals surface area contributed by atoms with Crippen molar-refractivity contribution in [2.24, 2.45) is 0 Å². The van der Waals surface area contributed by atoms with Crippen LogP contribution in [0.2, 0.25) is 10.0 Å². The Morgan fingerprint density at radius 2 is 1.78 bits per heavy atom. The van der Waals surface area contributed by atoms with E-state index in [0.717, 1.165) is 5.56 Å². The van der Waals surface area contributed by atoms with Crippen LogP contribution >= 0.6 is 23.2 Å². The molecule has 1 aromatic heterocycles. The van der Waals surface area contributed by atoms with Gasteiger partial charge in [-0.3, -0.25) is 4.79 Å². The normalized spacial score (nSPS) is 10.4. The minimum absolute atomic E-state index is 0.0526. The van der Waals surface area contributed by atoms with Crippen molar-refractivity contribution >= 4 is 29.0 Å². The van der Waals surface area contributed by atoms with Crippen LogP contribution in [-0.4, -0.2) is 15.8 Å². The van der Waals surface area contributed by atoms with Crippen molar-refractivity contribution in [2.45, 2.75) is 13.8 Å². The molecule has 0 aliphatic rings. The average molecular weight is 281 g/mol. The summed E-state index contributed by atoms with van der Waals surface area (Å²) in [5.41, 5.74) is 1.89. The van der Waals surface area contributed by atoms with Crippen molar-refractivity contribution in [3.05, 3.63) is 45.7 Å². The van der Waals surface area contributed by atoms with E-state index in [9.17, 15) is 4.79 Å². The van der Waals surface area contributed by atoms with Gasteiger partial charge in [0, 0.05) is 21.8 Å². The Bertz CT molecular complexity index is 606. The fourth-order valence-electron chi connectivity index (χ4n) is 1.63. The zero-order valence-corrected chi connectivity index (χ0v) is 11.4. The maximum atomic E-state index is 11.3. The standard InChI is InChI=1S/C13H10Cl2N2O/c1-7-12(8(2)18)6-16-13(17-7)9-3-10(14)5-11(15)4-9/h3-6H,1-2H3. The third-order valence-corrected chi connectivity index (χ3v) is 2.92. The molecular formula is C13H10Cl2N2O. The summed E-state index contributed by atoms with van der Waals surface area (Å²) in [5, 5.41) is 1.05. The van der Waals surface area contributed by atoms with Gasteiger partial charge in [-0.1, -0.05) is 23.2 Å². The third kappa shape index (κ3) is 2.68. The van der Waals surface area contributed by atoms with Crippen molar-refractivity contribution < 1.29 is 4.79 Å². The zero-order chi connectivity index (χ0) is 13.3. The smallest absolute Gasteiger partial charge is 0.163 e. The minimum atomic E-state index is -0.0526. The number of hydrogen-bond acceptors (Lipinski definition) is 3. The van der Waals surface area contributed by atoms with E-state index in [1.165, 1.54) is 13.1 Å². The van der Waals surface area contributed by atoms with Crippen LogP contribution in [0, 0.1) is 6.92 Å². The summed E-state index contributed by atoms with van der Waals surface area (Å²) in [7, 11) is 0. The van der Waals surface area contributed by atoms with Gasteiger partial charge >= 0.3 is 0 Å². The average Bonchev–Trinajstić information content (AvgIpc) is 2.26. The first-order valence-electron chi connectivity index (χ1n) is 5.28. The monoisotopic (exact) mass is 280 g/mol. The first kappa shape index (κ1) is 13.0. The highest BCUT2D eigenvalue weighted by Gasteiger charge is 2.09. The van der Waals surface area contributed by atoms with Gasteiger partial charge in [-0.05, 0) is 32.0 Å². The van der Waals surface area contributed by atoms with Crippen LogP contribution < -0.4 is 0 Å². The van der Waals surface area contributed by atoms with Crippen LogP contribution in [0.5, 0.6) is 0 Å². The molecule has 3 nitrogen and oxygen atoms in total. The van der Waals surface area contributed by atoms with E-state index in [4.69, 9.17) is 23.2 Å². The molecular weight excluding hydrogens is 271 g/mol. The Kier molecular flexibility index (Phi) is 3.64. The molecule has 0 spiro atoms. The predicted octanol–water partition coefficient (Wildman–Crippen LogP) is 3.96. The first-order chi connectivity index (χ1) is 8.47. The molecule has 92 valence electrons. The maximum absolute atomic E-state index is 11.3. The Hall–Kier alpha value is -1.45. The molecule has 0 unspecified atom stereocenters. The van der Waals surface area contributed by atoms with Gasteiger partial charge in [0.15, 0.2) is 11.6 Å². The molecule has 18 heavy (non-hydrogen) atoms. The number of Topliss-reactive ketones (excluding diaryl/α,β-unsaturated/α-hetero) is 1. The van der Waals surface area contributed by atoms with Crippen molar-refractivity contribution in [3.8, 4) is 11.4 Å². The molecule has 2 aromatic rings. The predicted molar refractivity (Wildman–Crippen MR) is 72.2 cm³/mol. The van der Waals surface area contributed by atoms with Crippen LogP contribution in [0.15, 0.2) is 24.4 Å². The number of benzene rings is 1. The van der Waals surface area contributed by atoms with Gasteiger partial charge in [0.1, 0.15) is 0 Å².